The zero-order valence-electron chi connectivity index (χ0n) is 9.17. The zero-order chi connectivity index (χ0) is 11.1. The Bertz CT molecular complexity index is 441. The summed E-state index contributed by atoms with van der Waals surface area (Å²) in [6.07, 6.45) is 1.51. The lowest BCUT2D eigenvalue weighted by molar-refractivity contribution is -0.770. The molecule has 0 spiro atoms. The molecule has 0 radical (unpaired) electrons. The van der Waals surface area contributed by atoms with Crippen LogP contribution in [-0.2, 0) is 10.8 Å². The molecule has 2 heterocycles. The fourth-order valence-corrected chi connectivity index (χ4v) is 3.22. The molecule has 1 unspecified atom stereocenters. The zero-order valence-corrected chi connectivity index (χ0v) is 10.8. The molecule has 1 aromatic heterocycles. The molecule has 1 aromatic rings. The van der Waals surface area contributed by atoms with Gasteiger partial charge in [0.15, 0.2) is 0 Å². The lowest BCUT2D eigenvalue weighted by Gasteiger charge is -2.42. The highest BCUT2D eigenvalue weighted by Gasteiger charge is 2.33. The van der Waals surface area contributed by atoms with Crippen molar-refractivity contribution in [1.29, 1.82) is 5.41 Å². The molecule has 1 aliphatic heterocycles. The summed E-state index contributed by atoms with van der Waals surface area (Å²) < 4.78 is 16.2. The van der Waals surface area contributed by atoms with E-state index in [1.54, 1.807) is 0 Å². The minimum Gasteiger partial charge on any atom is -0.380 e. The number of nitrogens with one attached hydrogen (secondary N) is 1. The number of aromatic nitrogens is 2. The Labute approximate surface area is 102 Å². The van der Waals surface area contributed by atoms with E-state index in [1.165, 1.54) is 11.0 Å². The molecule has 8 heteroatoms. The van der Waals surface area contributed by atoms with E-state index in [2.05, 4.69) is 5.27 Å². The van der Waals surface area contributed by atoms with E-state index in [9.17, 15) is 4.21 Å². The van der Waals surface area contributed by atoms with E-state index in [0.29, 0.717) is 18.1 Å². The van der Waals surface area contributed by atoms with Gasteiger partial charge in [-0.2, -0.15) is 0 Å². The van der Waals surface area contributed by atoms with Crippen LogP contribution in [0.5, 0.6) is 0 Å². The normalized spacial score (nSPS) is 23.9. The molecule has 1 saturated heterocycles. The van der Waals surface area contributed by atoms with Gasteiger partial charge in [0, 0.05) is 34.4 Å². The van der Waals surface area contributed by atoms with Crippen LogP contribution < -0.4 is 20.6 Å². The first-order valence-corrected chi connectivity index (χ1v) is 6.21. The summed E-state index contributed by atoms with van der Waals surface area (Å²) in [5, 5.41) is 13.0. The maximum Gasteiger partial charge on any atom is 0.286 e. The second-order valence-electron chi connectivity index (χ2n) is 4.21. The summed E-state index contributed by atoms with van der Waals surface area (Å²) in [6.45, 7) is 4.68. The Balaban J connectivity index is 0.00000128. The van der Waals surface area contributed by atoms with Crippen LogP contribution in [0.2, 0.25) is 0 Å². The van der Waals surface area contributed by atoms with Gasteiger partial charge in [0.25, 0.3) is 11.8 Å². The van der Waals surface area contributed by atoms with Gasteiger partial charge in [-0.3, -0.25) is 14.6 Å². The van der Waals surface area contributed by atoms with Crippen molar-refractivity contribution in [2.24, 2.45) is 0 Å². The van der Waals surface area contributed by atoms with Crippen molar-refractivity contribution in [3.8, 4) is 0 Å². The first-order valence-electron chi connectivity index (χ1n) is 4.72. The molecule has 2 rings (SSSR count). The Morgan fingerprint density at radius 3 is 2.88 bits per heavy atom. The molecule has 6 nitrogen and oxygen atoms in total. The predicted molar refractivity (Wildman–Crippen MR) is 60.4 cm³/mol. The Morgan fingerprint density at radius 2 is 2.38 bits per heavy atom. The van der Waals surface area contributed by atoms with Gasteiger partial charge in [0.05, 0.1) is 0 Å². The molecule has 0 amide bonds. The van der Waals surface area contributed by atoms with E-state index in [4.69, 9.17) is 9.93 Å². The van der Waals surface area contributed by atoms with Crippen LogP contribution in [0.4, 0.5) is 0 Å². The van der Waals surface area contributed by atoms with Gasteiger partial charge in [0.1, 0.15) is 0 Å². The second-order valence-corrected chi connectivity index (χ2v) is 5.79. The van der Waals surface area contributed by atoms with Crippen LogP contribution in [0.1, 0.15) is 13.8 Å². The van der Waals surface area contributed by atoms with Crippen LogP contribution in [0.3, 0.4) is 0 Å². The van der Waals surface area contributed by atoms with Crippen molar-refractivity contribution in [3.05, 3.63) is 11.8 Å². The molecule has 1 N–H and O–H groups in total. The fraction of sp³-hybridized carbons (Fsp3) is 0.750. The third kappa shape index (κ3) is 2.46. The minimum absolute atomic E-state index is 0. The molecule has 1 aliphatic rings. The first-order chi connectivity index (χ1) is 6.99. The topological polar surface area (TPSA) is 75.3 Å². The summed E-state index contributed by atoms with van der Waals surface area (Å²) in [4.78, 5) is 1.53. The maximum absolute atomic E-state index is 11.5. The largest absolute Gasteiger partial charge is 0.380 e. The first kappa shape index (κ1) is 13.2. The Kier molecular flexibility index (Phi) is 3.80. The molecular weight excluding hydrogens is 252 g/mol. The van der Waals surface area contributed by atoms with E-state index in [1.807, 2.05) is 18.9 Å². The molecule has 0 bridgehead atoms. The molecule has 0 saturated carbocycles. The molecule has 1 atom stereocenters. The van der Waals surface area contributed by atoms with Gasteiger partial charge in [-0.05, 0) is 5.27 Å². The van der Waals surface area contributed by atoms with Crippen LogP contribution in [0.25, 0.3) is 0 Å². The summed E-state index contributed by atoms with van der Waals surface area (Å²) in [5.74, 6) is 1.25. The second kappa shape index (κ2) is 4.58. The van der Waals surface area contributed by atoms with Gasteiger partial charge < -0.3 is 4.52 Å². The lowest BCUT2D eigenvalue weighted by Crippen LogP contribution is -2.73. The highest BCUT2D eigenvalue weighted by atomic mass is 35.5. The maximum atomic E-state index is 11.5. The van der Waals surface area contributed by atoms with Gasteiger partial charge >= 0.3 is 0 Å². The molecule has 1 fully saturated rings. The van der Waals surface area contributed by atoms with Crippen molar-refractivity contribution in [2.75, 3.05) is 23.1 Å². The van der Waals surface area contributed by atoms with Gasteiger partial charge in [-0.1, -0.05) is 18.6 Å². The number of halogens is 1. The fourth-order valence-electron chi connectivity index (χ4n) is 1.76. The summed E-state index contributed by atoms with van der Waals surface area (Å²) >= 11 is 0. The van der Waals surface area contributed by atoms with E-state index in [0.717, 1.165) is 0 Å². The number of hydrogen-bond acceptors (Lipinski definition) is 4. The van der Waals surface area contributed by atoms with Crippen LogP contribution in [-0.4, -0.2) is 27.8 Å². The average molecular weight is 267 g/mol. The van der Waals surface area contributed by atoms with Gasteiger partial charge in [-0.25, -0.2) is 0 Å². The van der Waals surface area contributed by atoms with Crippen molar-refractivity contribution in [2.45, 2.75) is 19.4 Å². The summed E-state index contributed by atoms with van der Waals surface area (Å²) in [5.41, 5.74) is -0.200. The van der Waals surface area contributed by atoms with Crippen molar-refractivity contribution < 1.29 is 13.5 Å². The number of rotatable bonds is 1. The smallest absolute Gasteiger partial charge is 0.286 e. The Hall–Kier alpha value is -0.820. The monoisotopic (exact) mass is 266 g/mol. The average Bonchev–Trinajstić information content (AvgIpc) is 2.49. The third-order valence-corrected chi connectivity index (χ3v) is 4.11. The summed E-state index contributed by atoms with van der Waals surface area (Å²) in [6, 6.07) is 0. The predicted octanol–water partition coefficient (Wildman–Crippen LogP) is -1.10. The van der Waals surface area contributed by atoms with E-state index in [-0.39, 0.29) is 23.5 Å². The molecule has 16 heavy (non-hydrogen) atoms. The Morgan fingerprint density at radius 1 is 1.69 bits per heavy atom. The SMILES string of the molecule is CC1(C)CS(=O)CCN1[n+]1cc(=N)o[n-]1.Cl. The van der Waals surface area contributed by atoms with Gasteiger partial charge in [0.2, 0.25) is 0 Å². The van der Waals surface area contributed by atoms with Crippen molar-refractivity contribution in [1.82, 2.24) is 5.27 Å². The van der Waals surface area contributed by atoms with Crippen molar-refractivity contribution >= 4 is 23.2 Å². The highest BCUT2D eigenvalue weighted by molar-refractivity contribution is 7.85. The molecular formula is C8H15ClN4O2S. The highest BCUT2D eigenvalue weighted by Crippen LogP contribution is 2.15. The minimum atomic E-state index is -0.758. The standard InChI is InChI=1S/C8H14N4O2S.ClH/c1-8(2)6-15(13)4-3-11(8)12-5-7(9)14-10-12;/h5,9H,3-4,6H2,1-2H3;1H. The number of hydrogen-bond donors (Lipinski definition) is 1. The van der Waals surface area contributed by atoms with E-state index < -0.39 is 10.8 Å². The van der Waals surface area contributed by atoms with Crippen LogP contribution in [0, 0.1) is 5.41 Å². The van der Waals surface area contributed by atoms with Crippen molar-refractivity contribution in [3.63, 3.8) is 0 Å². The van der Waals surface area contributed by atoms with Crippen LogP contribution in [0.15, 0.2) is 10.7 Å². The molecule has 0 aliphatic carbocycles. The lowest BCUT2D eigenvalue weighted by atomic mass is 10.1. The van der Waals surface area contributed by atoms with E-state index >= 15 is 0 Å². The quantitative estimate of drug-likeness (QED) is 0.655. The third-order valence-electron chi connectivity index (χ3n) is 2.45. The molecule has 0 aromatic carbocycles. The van der Waals surface area contributed by atoms with Gasteiger partial charge in [-0.15, -0.1) is 12.4 Å². The number of nitrogens with zero attached hydrogens (tertiary/aromatic N) is 3. The molecule has 92 valence electrons. The van der Waals surface area contributed by atoms with Crippen LogP contribution >= 0.6 is 12.4 Å². The summed E-state index contributed by atoms with van der Waals surface area (Å²) in [7, 11) is -0.758.